The Hall–Kier alpha value is -1.26. The average Bonchev–Trinajstić information content (AvgIpc) is 2.82. The summed E-state index contributed by atoms with van der Waals surface area (Å²) in [6.07, 6.45) is 2.14. The minimum absolute atomic E-state index is 0. The summed E-state index contributed by atoms with van der Waals surface area (Å²) in [5, 5.41) is 0. The molecule has 1 fully saturated rings. The molecule has 0 saturated carbocycles. The number of para-hydroxylation sites is 1. The Balaban J connectivity index is 0.00000133. The predicted octanol–water partition coefficient (Wildman–Crippen LogP) is 1.36. The molecule has 19 heavy (non-hydrogen) atoms. The maximum absolute atomic E-state index is 12.3. The molecule has 4 nitrogen and oxygen atoms in total. The summed E-state index contributed by atoms with van der Waals surface area (Å²) in [5.41, 5.74) is 6.98. The Morgan fingerprint density at radius 2 is 1.95 bits per heavy atom. The Morgan fingerprint density at radius 3 is 2.63 bits per heavy atom. The zero-order chi connectivity index (χ0) is 12.5. The monoisotopic (exact) mass is 282 g/mol. The lowest BCUT2D eigenvalue weighted by molar-refractivity contribution is -0.138. The molecule has 104 valence electrons. The SMILES string of the molecule is Cl.NC1CCN(C(=O)C2Cc3ccccc3O2)CC1. The number of amides is 1. The molecule has 5 heteroatoms. The van der Waals surface area contributed by atoms with E-state index in [9.17, 15) is 4.79 Å². The van der Waals surface area contributed by atoms with E-state index in [2.05, 4.69) is 0 Å². The van der Waals surface area contributed by atoms with Crippen LogP contribution >= 0.6 is 12.4 Å². The molecule has 1 saturated heterocycles. The van der Waals surface area contributed by atoms with Crippen LogP contribution in [0.25, 0.3) is 0 Å². The van der Waals surface area contributed by atoms with E-state index in [4.69, 9.17) is 10.5 Å². The van der Waals surface area contributed by atoms with Gasteiger partial charge < -0.3 is 15.4 Å². The molecule has 1 unspecified atom stereocenters. The third-order valence-electron chi connectivity index (χ3n) is 3.77. The molecule has 0 aliphatic carbocycles. The predicted molar refractivity (Wildman–Crippen MR) is 75.6 cm³/mol. The van der Waals surface area contributed by atoms with Gasteiger partial charge >= 0.3 is 0 Å². The van der Waals surface area contributed by atoms with Gasteiger partial charge in [0.05, 0.1) is 0 Å². The highest BCUT2D eigenvalue weighted by Crippen LogP contribution is 2.29. The lowest BCUT2D eigenvalue weighted by Crippen LogP contribution is -2.47. The molecular formula is C14H19ClN2O2. The number of halogens is 1. The van der Waals surface area contributed by atoms with E-state index in [-0.39, 0.29) is 30.5 Å². The lowest BCUT2D eigenvalue weighted by Gasteiger charge is -2.31. The van der Waals surface area contributed by atoms with E-state index in [1.807, 2.05) is 29.2 Å². The van der Waals surface area contributed by atoms with E-state index >= 15 is 0 Å². The van der Waals surface area contributed by atoms with Gasteiger partial charge in [-0.25, -0.2) is 0 Å². The van der Waals surface area contributed by atoms with Crippen LogP contribution in [0, 0.1) is 0 Å². The number of carbonyl (C=O) groups is 1. The first-order valence-electron chi connectivity index (χ1n) is 6.53. The zero-order valence-corrected chi connectivity index (χ0v) is 11.6. The number of ether oxygens (including phenoxy) is 1. The second kappa shape index (κ2) is 5.80. The molecule has 0 radical (unpaired) electrons. The van der Waals surface area contributed by atoms with Crippen LogP contribution in [-0.4, -0.2) is 36.0 Å². The van der Waals surface area contributed by atoms with Crippen LogP contribution in [0.1, 0.15) is 18.4 Å². The molecule has 3 rings (SSSR count). The fourth-order valence-corrected chi connectivity index (χ4v) is 2.64. The van der Waals surface area contributed by atoms with Crippen molar-refractivity contribution in [2.45, 2.75) is 31.4 Å². The molecule has 0 spiro atoms. The quantitative estimate of drug-likeness (QED) is 0.846. The van der Waals surface area contributed by atoms with E-state index in [1.165, 1.54) is 0 Å². The smallest absolute Gasteiger partial charge is 0.263 e. The maximum Gasteiger partial charge on any atom is 0.263 e. The average molecular weight is 283 g/mol. The molecule has 2 N–H and O–H groups in total. The van der Waals surface area contributed by atoms with Crippen LogP contribution in [0.2, 0.25) is 0 Å². The number of piperidine rings is 1. The highest BCUT2D eigenvalue weighted by atomic mass is 35.5. The van der Waals surface area contributed by atoms with Gasteiger partial charge in [-0.15, -0.1) is 12.4 Å². The molecule has 2 aliphatic heterocycles. The van der Waals surface area contributed by atoms with Gasteiger partial charge in [-0.2, -0.15) is 0 Å². The zero-order valence-electron chi connectivity index (χ0n) is 10.7. The first-order chi connectivity index (χ1) is 8.74. The van der Waals surface area contributed by atoms with E-state index in [0.717, 1.165) is 37.2 Å². The molecular weight excluding hydrogens is 264 g/mol. The Morgan fingerprint density at radius 1 is 1.26 bits per heavy atom. The number of nitrogens with two attached hydrogens (primary N) is 1. The van der Waals surface area contributed by atoms with Crippen molar-refractivity contribution < 1.29 is 9.53 Å². The summed E-state index contributed by atoms with van der Waals surface area (Å²) in [6.45, 7) is 1.52. The summed E-state index contributed by atoms with van der Waals surface area (Å²) in [6, 6.07) is 8.11. The normalized spacial score (nSPS) is 22.4. The summed E-state index contributed by atoms with van der Waals surface area (Å²) in [4.78, 5) is 14.2. The van der Waals surface area contributed by atoms with Crippen LogP contribution in [-0.2, 0) is 11.2 Å². The van der Waals surface area contributed by atoms with Crippen LogP contribution in [0.5, 0.6) is 5.75 Å². The molecule has 1 aromatic carbocycles. The van der Waals surface area contributed by atoms with Gasteiger partial charge in [-0.05, 0) is 24.5 Å². The fraction of sp³-hybridized carbons (Fsp3) is 0.500. The Bertz CT molecular complexity index is 434. The molecule has 0 aromatic heterocycles. The Labute approximate surface area is 119 Å². The molecule has 1 atom stereocenters. The molecule has 2 aliphatic rings. The maximum atomic E-state index is 12.3. The van der Waals surface area contributed by atoms with E-state index < -0.39 is 0 Å². The first-order valence-corrected chi connectivity index (χ1v) is 6.53. The van der Waals surface area contributed by atoms with Crippen molar-refractivity contribution in [2.24, 2.45) is 5.73 Å². The minimum Gasteiger partial charge on any atom is -0.480 e. The van der Waals surface area contributed by atoms with Gasteiger partial charge in [0.1, 0.15) is 5.75 Å². The van der Waals surface area contributed by atoms with Crippen molar-refractivity contribution in [2.75, 3.05) is 13.1 Å². The standard InChI is InChI=1S/C14H18N2O2.ClH/c15-11-5-7-16(8-6-11)14(17)13-9-10-3-1-2-4-12(10)18-13;/h1-4,11,13H,5-9,15H2;1H. The summed E-state index contributed by atoms with van der Waals surface area (Å²) in [7, 11) is 0. The van der Waals surface area contributed by atoms with Crippen molar-refractivity contribution in [3.63, 3.8) is 0 Å². The summed E-state index contributed by atoms with van der Waals surface area (Å²) < 4.78 is 5.73. The van der Waals surface area contributed by atoms with Gasteiger partial charge in [0.2, 0.25) is 0 Å². The van der Waals surface area contributed by atoms with Crippen molar-refractivity contribution >= 4 is 18.3 Å². The van der Waals surface area contributed by atoms with Crippen molar-refractivity contribution in [3.8, 4) is 5.75 Å². The topological polar surface area (TPSA) is 55.6 Å². The van der Waals surface area contributed by atoms with Crippen LogP contribution in [0.3, 0.4) is 0 Å². The highest BCUT2D eigenvalue weighted by molar-refractivity contribution is 5.85. The number of likely N-dealkylation sites (tertiary alicyclic amines) is 1. The van der Waals surface area contributed by atoms with Crippen molar-refractivity contribution in [1.29, 1.82) is 0 Å². The number of nitrogens with zero attached hydrogens (tertiary/aromatic N) is 1. The minimum atomic E-state index is -0.336. The van der Waals surface area contributed by atoms with Gasteiger partial charge in [-0.3, -0.25) is 4.79 Å². The highest BCUT2D eigenvalue weighted by Gasteiger charge is 2.33. The summed E-state index contributed by atoms with van der Waals surface area (Å²) >= 11 is 0. The number of hydrogen-bond acceptors (Lipinski definition) is 3. The van der Waals surface area contributed by atoms with Gasteiger partial charge in [0.15, 0.2) is 6.10 Å². The number of fused-ring (bicyclic) bond motifs is 1. The van der Waals surface area contributed by atoms with E-state index in [0.29, 0.717) is 6.42 Å². The molecule has 2 heterocycles. The second-order valence-corrected chi connectivity index (χ2v) is 5.08. The number of hydrogen-bond donors (Lipinski definition) is 1. The van der Waals surface area contributed by atoms with Crippen molar-refractivity contribution in [3.05, 3.63) is 29.8 Å². The van der Waals surface area contributed by atoms with E-state index in [1.54, 1.807) is 0 Å². The number of benzene rings is 1. The number of carbonyl (C=O) groups excluding carboxylic acids is 1. The molecule has 1 amide bonds. The van der Waals surface area contributed by atoms with Gasteiger partial charge in [-0.1, -0.05) is 18.2 Å². The second-order valence-electron chi connectivity index (χ2n) is 5.08. The largest absolute Gasteiger partial charge is 0.480 e. The Kier molecular flexibility index (Phi) is 4.32. The number of rotatable bonds is 1. The van der Waals surface area contributed by atoms with Gasteiger partial charge in [0, 0.05) is 25.6 Å². The lowest BCUT2D eigenvalue weighted by atomic mass is 10.0. The van der Waals surface area contributed by atoms with Crippen LogP contribution in [0.15, 0.2) is 24.3 Å². The summed E-state index contributed by atoms with van der Waals surface area (Å²) in [5.74, 6) is 0.961. The fourth-order valence-electron chi connectivity index (χ4n) is 2.64. The molecule has 1 aromatic rings. The first kappa shape index (κ1) is 14.2. The van der Waals surface area contributed by atoms with Crippen LogP contribution in [0.4, 0.5) is 0 Å². The molecule has 0 bridgehead atoms. The van der Waals surface area contributed by atoms with Gasteiger partial charge in [0.25, 0.3) is 5.91 Å². The van der Waals surface area contributed by atoms with Crippen LogP contribution < -0.4 is 10.5 Å². The third kappa shape index (κ3) is 2.85. The van der Waals surface area contributed by atoms with Crippen molar-refractivity contribution in [1.82, 2.24) is 4.90 Å². The third-order valence-corrected chi connectivity index (χ3v) is 3.77.